The predicted molar refractivity (Wildman–Crippen MR) is 132 cm³/mol. The number of hydrogen-bond acceptors (Lipinski definition) is 7. The van der Waals surface area contributed by atoms with Crippen molar-refractivity contribution in [3.63, 3.8) is 0 Å². The molecule has 4 N–H and O–H groups in total. The largest absolute Gasteiger partial charge is 0.391 e. The molecule has 184 valence electrons. The molecule has 3 rings (SSSR count). The van der Waals surface area contributed by atoms with Gasteiger partial charge in [-0.2, -0.15) is 0 Å². The monoisotopic (exact) mass is 486 g/mol. The molecule has 34 heavy (non-hydrogen) atoms. The normalized spacial score (nSPS) is 19.2. The SMILES string of the molecule is Cc1ncsc1-c1ccc(CCC(=O)[C@@H]2C[C@@H](O)CN2C(=O)[C@@H](NC(=O)CN)C(C)(C)C)cc1. The topological polar surface area (TPSA) is 126 Å². The average Bonchev–Trinajstić information content (AvgIpc) is 3.40. The van der Waals surface area contributed by atoms with Gasteiger partial charge in [0.2, 0.25) is 11.8 Å². The van der Waals surface area contributed by atoms with Crippen molar-refractivity contribution in [1.29, 1.82) is 0 Å². The average molecular weight is 487 g/mol. The van der Waals surface area contributed by atoms with E-state index in [-0.39, 0.29) is 37.6 Å². The third-order valence-corrected chi connectivity index (χ3v) is 7.14. The number of carbonyl (C=O) groups is 3. The van der Waals surface area contributed by atoms with E-state index in [2.05, 4.69) is 10.3 Å². The lowest BCUT2D eigenvalue weighted by Crippen LogP contribution is -2.57. The van der Waals surface area contributed by atoms with Gasteiger partial charge < -0.3 is 21.1 Å². The van der Waals surface area contributed by atoms with Crippen LogP contribution in [0.25, 0.3) is 10.4 Å². The van der Waals surface area contributed by atoms with Crippen molar-refractivity contribution in [2.45, 2.75) is 65.1 Å². The van der Waals surface area contributed by atoms with E-state index in [1.165, 1.54) is 4.90 Å². The van der Waals surface area contributed by atoms with Crippen LogP contribution in [-0.4, -0.2) is 63.9 Å². The standard InChI is InChI=1S/C25H34N4O4S/c1-15-22(34-14-27-15)17-8-5-16(6-9-17)7-10-20(31)19-11-18(30)13-29(19)24(33)23(25(2,3)4)28-21(32)12-26/h5-6,8-9,14,18-19,23,30H,7,10-13,26H2,1-4H3,(H,28,32)/t18-,19+,23-/m1/s1. The van der Waals surface area contributed by atoms with Crippen LogP contribution in [-0.2, 0) is 20.8 Å². The number of ketones is 1. The molecule has 1 aromatic heterocycles. The summed E-state index contributed by atoms with van der Waals surface area (Å²) in [4.78, 5) is 45.2. The number of carbonyl (C=O) groups excluding carboxylic acids is 3. The number of likely N-dealkylation sites (tertiary alicyclic amines) is 1. The Hall–Kier alpha value is -2.62. The molecule has 1 aliphatic rings. The number of nitrogens with one attached hydrogen (secondary N) is 1. The van der Waals surface area contributed by atoms with Gasteiger partial charge in [0.25, 0.3) is 0 Å². The number of benzene rings is 1. The number of β-amino-alcohol motifs (C(OH)–C–C–N with tert-alkyl or cyclic N) is 1. The molecule has 0 radical (unpaired) electrons. The van der Waals surface area contributed by atoms with E-state index in [0.717, 1.165) is 21.7 Å². The third kappa shape index (κ3) is 6.08. The summed E-state index contributed by atoms with van der Waals surface area (Å²) in [6, 6.07) is 6.53. The minimum Gasteiger partial charge on any atom is -0.391 e. The van der Waals surface area contributed by atoms with Crippen molar-refractivity contribution in [2.24, 2.45) is 11.1 Å². The smallest absolute Gasteiger partial charge is 0.246 e. The lowest BCUT2D eigenvalue weighted by atomic mass is 9.85. The van der Waals surface area contributed by atoms with Gasteiger partial charge in [-0.15, -0.1) is 11.3 Å². The van der Waals surface area contributed by atoms with Crippen molar-refractivity contribution in [2.75, 3.05) is 13.1 Å². The molecular formula is C25H34N4O4S. The van der Waals surface area contributed by atoms with Gasteiger partial charge in [-0.05, 0) is 29.9 Å². The number of rotatable bonds is 8. The fraction of sp³-hybridized carbons (Fsp3) is 0.520. The number of amides is 2. The highest BCUT2D eigenvalue weighted by Crippen LogP contribution is 2.29. The van der Waals surface area contributed by atoms with Gasteiger partial charge in [-0.3, -0.25) is 14.4 Å². The molecule has 2 heterocycles. The Bertz CT molecular complexity index is 1030. The third-order valence-electron chi connectivity index (χ3n) is 6.16. The molecule has 3 atom stereocenters. The van der Waals surface area contributed by atoms with Crippen LogP contribution in [0.2, 0.25) is 0 Å². The first-order valence-electron chi connectivity index (χ1n) is 11.5. The maximum atomic E-state index is 13.4. The maximum Gasteiger partial charge on any atom is 0.246 e. The summed E-state index contributed by atoms with van der Waals surface area (Å²) in [6.07, 6.45) is 0.235. The number of nitrogens with two attached hydrogens (primary N) is 1. The first-order valence-corrected chi connectivity index (χ1v) is 12.4. The van der Waals surface area contributed by atoms with E-state index >= 15 is 0 Å². The summed E-state index contributed by atoms with van der Waals surface area (Å²) in [6.45, 7) is 7.34. The first kappa shape index (κ1) is 26.0. The van der Waals surface area contributed by atoms with Crippen LogP contribution in [0.5, 0.6) is 0 Å². The summed E-state index contributed by atoms with van der Waals surface area (Å²) in [5.41, 5.74) is 9.78. The summed E-state index contributed by atoms with van der Waals surface area (Å²) >= 11 is 1.60. The molecule has 2 aromatic rings. The highest BCUT2D eigenvalue weighted by molar-refractivity contribution is 7.13. The van der Waals surface area contributed by atoms with Gasteiger partial charge in [0.05, 0.1) is 34.8 Å². The molecule has 8 nitrogen and oxygen atoms in total. The number of aryl methyl sites for hydroxylation is 2. The minimum absolute atomic E-state index is 0.0726. The molecule has 1 aliphatic heterocycles. The minimum atomic E-state index is -0.841. The highest BCUT2D eigenvalue weighted by Gasteiger charge is 2.44. The van der Waals surface area contributed by atoms with E-state index in [0.29, 0.717) is 6.42 Å². The van der Waals surface area contributed by atoms with E-state index in [1.54, 1.807) is 11.3 Å². The molecule has 1 saturated heterocycles. The summed E-state index contributed by atoms with van der Waals surface area (Å²) in [7, 11) is 0. The maximum absolute atomic E-state index is 13.4. The van der Waals surface area contributed by atoms with Crippen molar-refractivity contribution in [1.82, 2.24) is 15.2 Å². The first-order chi connectivity index (χ1) is 16.0. The molecule has 1 fully saturated rings. The second-order valence-electron chi connectivity index (χ2n) is 9.90. The lowest BCUT2D eigenvalue weighted by molar-refractivity contribution is -0.143. The van der Waals surface area contributed by atoms with Crippen LogP contribution < -0.4 is 11.1 Å². The van der Waals surface area contributed by atoms with E-state index < -0.39 is 29.5 Å². The Morgan fingerprint density at radius 3 is 2.50 bits per heavy atom. The fourth-order valence-electron chi connectivity index (χ4n) is 4.23. The van der Waals surface area contributed by atoms with Gasteiger partial charge in [-0.25, -0.2) is 4.98 Å². The predicted octanol–water partition coefficient (Wildman–Crippen LogP) is 2.07. The Morgan fingerprint density at radius 1 is 1.26 bits per heavy atom. The zero-order valence-corrected chi connectivity index (χ0v) is 21.0. The zero-order valence-electron chi connectivity index (χ0n) is 20.2. The number of aromatic nitrogens is 1. The second kappa shape index (κ2) is 10.8. The van der Waals surface area contributed by atoms with Crippen molar-refractivity contribution >= 4 is 28.9 Å². The lowest BCUT2D eigenvalue weighted by Gasteiger charge is -2.35. The van der Waals surface area contributed by atoms with Crippen molar-refractivity contribution in [3.05, 3.63) is 41.0 Å². The van der Waals surface area contributed by atoms with Gasteiger partial charge in [0.1, 0.15) is 6.04 Å². The Morgan fingerprint density at radius 2 is 1.94 bits per heavy atom. The molecule has 2 amide bonds. The summed E-state index contributed by atoms with van der Waals surface area (Å²) < 4.78 is 0. The highest BCUT2D eigenvalue weighted by atomic mass is 32.1. The van der Waals surface area contributed by atoms with Crippen LogP contribution in [0.1, 0.15) is 44.9 Å². The van der Waals surface area contributed by atoms with Crippen molar-refractivity contribution < 1.29 is 19.5 Å². The van der Waals surface area contributed by atoms with E-state index in [9.17, 15) is 19.5 Å². The van der Waals surface area contributed by atoms with Crippen LogP contribution in [0.3, 0.4) is 0 Å². The van der Waals surface area contributed by atoms with E-state index in [4.69, 9.17) is 5.73 Å². The van der Waals surface area contributed by atoms with Crippen LogP contribution in [0.4, 0.5) is 0 Å². The quantitative estimate of drug-likeness (QED) is 0.525. The summed E-state index contributed by atoms with van der Waals surface area (Å²) in [5, 5.41) is 12.9. The van der Waals surface area contributed by atoms with Crippen LogP contribution >= 0.6 is 11.3 Å². The Balaban J connectivity index is 1.67. The number of nitrogens with zero attached hydrogens (tertiary/aromatic N) is 2. The number of aliphatic hydroxyl groups excluding tert-OH is 1. The summed E-state index contributed by atoms with van der Waals surface area (Å²) in [5.74, 6) is -0.897. The molecular weight excluding hydrogens is 452 g/mol. The Labute approximate surface area is 204 Å². The number of Topliss-reactive ketones (excluding diaryl/α,β-unsaturated/α-hetero) is 1. The molecule has 1 aromatic carbocycles. The number of aliphatic hydroxyl groups is 1. The van der Waals surface area contributed by atoms with Crippen LogP contribution in [0, 0.1) is 12.3 Å². The van der Waals surface area contributed by atoms with Crippen molar-refractivity contribution in [3.8, 4) is 10.4 Å². The zero-order chi connectivity index (χ0) is 25.0. The Kier molecular flexibility index (Phi) is 8.22. The van der Waals surface area contributed by atoms with Gasteiger partial charge in [0.15, 0.2) is 5.78 Å². The molecule has 0 aliphatic carbocycles. The fourth-order valence-corrected chi connectivity index (χ4v) is 5.04. The molecule has 0 spiro atoms. The van der Waals surface area contributed by atoms with E-state index in [1.807, 2.05) is 57.5 Å². The molecule has 9 heteroatoms. The number of thiazole rings is 1. The van der Waals surface area contributed by atoms with Gasteiger partial charge in [-0.1, -0.05) is 45.0 Å². The van der Waals surface area contributed by atoms with Crippen LogP contribution in [0.15, 0.2) is 29.8 Å². The molecule has 0 saturated carbocycles. The van der Waals surface area contributed by atoms with Gasteiger partial charge in [0, 0.05) is 19.4 Å². The second-order valence-corrected chi connectivity index (χ2v) is 10.8. The molecule has 0 unspecified atom stereocenters. The number of hydrogen-bond donors (Lipinski definition) is 3. The molecule has 0 bridgehead atoms. The van der Waals surface area contributed by atoms with Gasteiger partial charge >= 0.3 is 0 Å².